The average Bonchev–Trinajstić information content (AvgIpc) is 2.44. The molecule has 2 fully saturated rings. The Bertz CT molecular complexity index is 361. The molecule has 1 radical (unpaired) electrons. The van der Waals surface area contributed by atoms with Crippen LogP contribution in [0.15, 0.2) is 12.2 Å². The Morgan fingerprint density at radius 2 is 2.00 bits per heavy atom. The van der Waals surface area contributed by atoms with Crippen LogP contribution in [0.4, 0.5) is 0 Å². The second kappa shape index (κ2) is 8.82. The Labute approximate surface area is 149 Å². The Hall–Kier alpha value is 0.314. The van der Waals surface area contributed by atoms with Crippen molar-refractivity contribution < 1.29 is 62.3 Å². The molecule has 0 aliphatic carbocycles. The van der Waals surface area contributed by atoms with Crippen molar-refractivity contribution in [1.82, 2.24) is 0 Å². The van der Waals surface area contributed by atoms with Gasteiger partial charge >= 0.3 is 0 Å². The van der Waals surface area contributed by atoms with Crippen LogP contribution in [0.2, 0.25) is 0 Å². The third-order valence-corrected chi connectivity index (χ3v) is 3.88. The van der Waals surface area contributed by atoms with E-state index in [2.05, 4.69) is 0 Å². The molecule has 0 bridgehead atoms. The van der Waals surface area contributed by atoms with Gasteiger partial charge in [-0.05, 0) is 19.8 Å². The Morgan fingerprint density at radius 3 is 2.62 bits per heavy atom. The van der Waals surface area contributed by atoms with Gasteiger partial charge in [0, 0.05) is 38.8 Å². The van der Waals surface area contributed by atoms with Gasteiger partial charge in [0.2, 0.25) is 0 Å². The predicted octanol–water partition coefficient (Wildman–Crippen LogP) is -0.543. The third-order valence-electron chi connectivity index (χ3n) is 3.88. The monoisotopic (exact) mass is 374 g/mol. The van der Waals surface area contributed by atoms with Gasteiger partial charge in [0.25, 0.3) is 0 Å². The second-order valence-electron chi connectivity index (χ2n) is 5.29. The van der Waals surface area contributed by atoms with Crippen LogP contribution in [0.1, 0.15) is 26.2 Å². The van der Waals surface area contributed by atoms with Crippen LogP contribution in [0.5, 0.6) is 0 Å². The van der Waals surface area contributed by atoms with Crippen LogP contribution in [0.25, 0.3) is 0 Å². The summed E-state index contributed by atoms with van der Waals surface area (Å²) in [4.78, 5) is 10.4. The standard InChI is InChI=1S/C14H21O6.Y/c1-2-3-9(16)13-11(17)12(18)14-10(20-13)5-4-8(19-14)6-7-15;/h2-3,8-14,16-18H,4-6H2,1H3;/q-1;/t8?,9-,10-,11-,12+,13-,14-;/m0./s1. The number of hydrogen-bond donors (Lipinski definition) is 3. The molecule has 6 nitrogen and oxygen atoms in total. The molecule has 0 aromatic carbocycles. The molecule has 2 aliphatic rings. The quantitative estimate of drug-likeness (QED) is 0.452. The van der Waals surface area contributed by atoms with Gasteiger partial charge in [0.05, 0.1) is 6.10 Å². The molecule has 2 rings (SSSR count). The van der Waals surface area contributed by atoms with Gasteiger partial charge < -0.3 is 29.6 Å². The molecule has 0 aromatic heterocycles. The molecule has 117 valence electrons. The molecule has 2 aliphatic heterocycles. The smallest absolute Gasteiger partial charge is 0.116 e. The number of allylic oxidation sites excluding steroid dienone is 1. The van der Waals surface area contributed by atoms with Crippen molar-refractivity contribution in [1.29, 1.82) is 0 Å². The first kappa shape index (κ1) is 19.4. The Kier molecular flexibility index (Phi) is 8.13. The minimum atomic E-state index is -1.23. The zero-order valence-electron chi connectivity index (χ0n) is 12.0. The molecule has 7 heteroatoms. The van der Waals surface area contributed by atoms with Gasteiger partial charge in [-0.2, -0.15) is 0 Å². The fourth-order valence-corrected chi connectivity index (χ4v) is 2.84. The van der Waals surface area contributed by atoms with Crippen molar-refractivity contribution in [3.8, 4) is 0 Å². The number of hydrogen-bond acceptors (Lipinski definition) is 6. The van der Waals surface area contributed by atoms with Gasteiger partial charge in [-0.3, -0.25) is 6.29 Å². The van der Waals surface area contributed by atoms with E-state index in [4.69, 9.17) is 9.47 Å². The first-order valence-electron chi connectivity index (χ1n) is 6.91. The molecule has 7 atom stereocenters. The summed E-state index contributed by atoms with van der Waals surface area (Å²) < 4.78 is 11.3. The molecule has 2 saturated heterocycles. The number of carbonyl (C=O) groups excluding carboxylic acids is 1. The number of ether oxygens (including phenoxy) is 2. The van der Waals surface area contributed by atoms with Crippen molar-refractivity contribution in [3.63, 3.8) is 0 Å². The molecular formula is C14H21O6Y-. The van der Waals surface area contributed by atoms with Gasteiger partial charge in [-0.15, -0.1) is 6.42 Å². The van der Waals surface area contributed by atoms with Crippen LogP contribution < -0.4 is 0 Å². The molecule has 0 amide bonds. The predicted molar refractivity (Wildman–Crippen MR) is 69.7 cm³/mol. The van der Waals surface area contributed by atoms with E-state index >= 15 is 0 Å². The van der Waals surface area contributed by atoms with Crippen molar-refractivity contribution in [2.24, 2.45) is 0 Å². The van der Waals surface area contributed by atoms with E-state index in [0.29, 0.717) is 12.8 Å². The average molecular weight is 374 g/mol. The maximum absolute atomic E-state index is 10.4. The third kappa shape index (κ3) is 4.41. The molecule has 0 saturated carbocycles. The molecule has 0 spiro atoms. The van der Waals surface area contributed by atoms with Gasteiger partial charge in [0.15, 0.2) is 0 Å². The van der Waals surface area contributed by atoms with E-state index in [1.807, 2.05) is 0 Å². The zero-order chi connectivity index (χ0) is 14.7. The fraction of sp³-hybridized carbons (Fsp3) is 0.786. The van der Waals surface area contributed by atoms with E-state index in [0.717, 1.165) is 0 Å². The number of aliphatic hydroxyl groups excluding tert-OH is 3. The van der Waals surface area contributed by atoms with E-state index in [1.165, 1.54) is 6.08 Å². The number of rotatable bonds is 4. The summed E-state index contributed by atoms with van der Waals surface area (Å²) in [5, 5.41) is 30.1. The fourth-order valence-electron chi connectivity index (χ4n) is 2.84. The van der Waals surface area contributed by atoms with Gasteiger partial charge in [0.1, 0.15) is 30.5 Å². The summed E-state index contributed by atoms with van der Waals surface area (Å²) in [5.41, 5.74) is 0. The van der Waals surface area contributed by atoms with Gasteiger partial charge in [-0.25, -0.2) is 0 Å². The molecule has 3 N–H and O–H groups in total. The zero-order valence-corrected chi connectivity index (χ0v) is 14.8. The largest absolute Gasteiger partial charge is 0.542 e. The maximum Gasteiger partial charge on any atom is 0.116 e. The Morgan fingerprint density at radius 1 is 1.29 bits per heavy atom. The molecule has 2 heterocycles. The minimum Gasteiger partial charge on any atom is -0.542 e. The van der Waals surface area contributed by atoms with Crippen LogP contribution in [0.3, 0.4) is 0 Å². The summed E-state index contributed by atoms with van der Waals surface area (Å²) >= 11 is 0. The van der Waals surface area contributed by atoms with E-state index in [-0.39, 0.29) is 51.3 Å². The molecule has 1 unspecified atom stereocenters. The van der Waals surface area contributed by atoms with E-state index < -0.39 is 30.5 Å². The summed E-state index contributed by atoms with van der Waals surface area (Å²) in [6, 6.07) is 0. The van der Waals surface area contributed by atoms with Crippen molar-refractivity contribution in [2.75, 3.05) is 0 Å². The molecule has 0 aromatic rings. The van der Waals surface area contributed by atoms with Crippen LogP contribution >= 0.6 is 0 Å². The first-order chi connectivity index (χ1) is 9.58. The second-order valence-corrected chi connectivity index (χ2v) is 5.29. The summed E-state index contributed by atoms with van der Waals surface area (Å²) in [5.74, 6) is 0. The molecular weight excluding hydrogens is 353 g/mol. The Balaban J connectivity index is 0.00000220. The normalized spacial score (nSPS) is 41.1. The summed E-state index contributed by atoms with van der Waals surface area (Å²) in [6.07, 6.45) is 0.760. The van der Waals surface area contributed by atoms with Crippen LogP contribution in [-0.4, -0.2) is 64.3 Å². The van der Waals surface area contributed by atoms with Gasteiger partial charge in [-0.1, -0.05) is 12.2 Å². The van der Waals surface area contributed by atoms with Crippen molar-refractivity contribution in [3.05, 3.63) is 12.2 Å². The minimum absolute atomic E-state index is 0. The van der Waals surface area contributed by atoms with Crippen molar-refractivity contribution in [2.45, 2.75) is 68.9 Å². The maximum atomic E-state index is 10.4. The summed E-state index contributed by atoms with van der Waals surface area (Å²) in [6.45, 7) is 1.75. The number of fused-ring (bicyclic) bond motifs is 1. The number of aliphatic hydroxyl groups is 3. The summed E-state index contributed by atoms with van der Waals surface area (Å²) in [7, 11) is 0. The molecule has 21 heavy (non-hydrogen) atoms. The SMILES string of the molecule is CC=C[C@H](O)[C@@H]1O[C@H]2CCC(C[C-]=O)O[C@@H]2[C@H](O)[C@@H]1O.[Y]. The van der Waals surface area contributed by atoms with Crippen molar-refractivity contribution >= 4 is 6.29 Å². The van der Waals surface area contributed by atoms with Crippen LogP contribution in [-0.2, 0) is 47.0 Å². The van der Waals surface area contributed by atoms with E-state index in [1.54, 1.807) is 19.3 Å². The van der Waals surface area contributed by atoms with E-state index in [9.17, 15) is 20.1 Å². The topological polar surface area (TPSA) is 96.2 Å². The van der Waals surface area contributed by atoms with Crippen LogP contribution in [0, 0.1) is 0 Å². The first-order valence-corrected chi connectivity index (χ1v) is 6.91.